The van der Waals surface area contributed by atoms with Crippen molar-refractivity contribution < 1.29 is 4.90 Å². The van der Waals surface area contributed by atoms with Crippen molar-refractivity contribution in [1.82, 2.24) is 4.98 Å². The smallest absolute Gasteiger partial charge is 0.198 e. The highest BCUT2D eigenvalue weighted by molar-refractivity contribution is 5.83. The summed E-state index contributed by atoms with van der Waals surface area (Å²) in [7, 11) is 0. The number of aromatic nitrogens is 1. The molecule has 0 amide bonds. The van der Waals surface area contributed by atoms with Crippen molar-refractivity contribution in [3.63, 3.8) is 0 Å². The third-order valence-corrected chi connectivity index (χ3v) is 4.39. The molecule has 2 aromatic rings. The Kier molecular flexibility index (Phi) is 5.41. The fraction of sp³-hybridized carbons (Fsp3) is 0.526. The Morgan fingerprint density at radius 1 is 1.05 bits per heavy atom. The molecule has 0 saturated heterocycles. The molecule has 0 spiro atoms. The zero-order chi connectivity index (χ0) is 16.3. The minimum absolute atomic E-state index is 0.216. The van der Waals surface area contributed by atoms with Gasteiger partial charge in [-0.2, -0.15) is 0 Å². The van der Waals surface area contributed by atoms with Gasteiger partial charge in [0.1, 0.15) is 6.54 Å². The van der Waals surface area contributed by atoms with E-state index in [0.29, 0.717) is 0 Å². The number of rotatable bonds is 6. The Morgan fingerprint density at radius 2 is 1.68 bits per heavy atom. The number of fused-ring (bicyclic) bond motifs is 1. The van der Waals surface area contributed by atoms with Crippen LogP contribution in [0.4, 0.5) is 0 Å². The first-order chi connectivity index (χ1) is 10.5. The molecule has 0 aliphatic heterocycles. The molecule has 1 heterocycles. The van der Waals surface area contributed by atoms with E-state index in [9.17, 15) is 4.79 Å². The number of pyridine rings is 1. The monoisotopic (exact) mass is 301 g/mol. The first-order valence-corrected chi connectivity index (χ1v) is 8.44. The Morgan fingerprint density at radius 3 is 2.27 bits per heavy atom. The molecule has 0 saturated carbocycles. The van der Waals surface area contributed by atoms with Crippen LogP contribution in [0.15, 0.2) is 16.9 Å². The predicted octanol–water partition coefficient (Wildman–Crippen LogP) is 2.66. The maximum absolute atomic E-state index is 13.0. The van der Waals surface area contributed by atoms with E-state index in [1.807, 2.05) is 13.8 Å². The second-order valence-electron chi connectivity index (χ2n) is 6.49. The Labute approximate surface area is 133 Å². The van der Waals surface area contributed by atoms with Crippen LogP contribution in [0.5, 0.6) is 0 Å². The van der Waals surface area contributed by atoms with Gasteiger partial charge in [-0.05, 0) is 50.8 Å². The fourth-order valence-corrected chi connectivity index (χ4v) is 3.44. The van der Waals surface area contributed by atoms with Crippen LogP contribution in [-0.4, -0.2) is 18.1 Å². The Balaban J connectivity index is 2.52. The molecule has 3 nitrogen and oxygen atoms in total. The maximum atomic E-state index is 13.0. The average molecular weight is 301 g/mol. The van der Waals surface area contributed by atoms with Crippen molar-refractivity contribution in [3.05, 3.63) is 44.7 Å². The van der Waals surface area contributed by atoms with Gasteiger partial charge in [0.15, 0.2) is 5.43 Å². The van der Waals surface area contributed by atoms with E-state index in [-0.39, 0.29) is 5.43 Å². The number of hydrogen-bond donors (Lipinski definition) is 2. The van der Waals surface area contributed by atoms with Crippen LogP contribution in [0.2, 0.25) is 0 Å². The van der Waals surface area contributed by atoms with Crippen LogP contribution in [0.1, 0.15) is 49.1 Å². The highest BCUT2D eigenvalue weighted by atomic mass is 16.1. The van der Waals surface area contributed by atoms with Crippen LogP contribution in [0, 0.1) is 20.8 Å². The van der Waals surface area contributed by atoms with E-state index >= 15 is 0 Å². The molecule has 22 heavy (non-hydrogen) atoms. The van der Waals surface area contributed by atoms with Crippen molar-refractivity contribution in [1.29, 1.82) is 0 Å². The summed E-state index contributed by atoms with van der Waals surface area (Å²) in [5, 5.41) is 0.860. The van der Waals surface area contributed by atoms with Crippen LogP contribution in [0.25, 0.3) is 10.9 Å². The maximum Gasteiger partial charge on any atom is 0.198 e. The predicted molar refractivity (Wildman–Crippen MR) is 93.8 cm³/mol. The molecule has 0 fully saturated rings. The van der Waals surface area contributed by atoms with Crippen LogP contribution in [-0.2, 0) is 6.54 Å². The summed E-state index contributed by atoms with van der Waals surface area (Å²) >= 11 is 0. The number of aromatic amines is 1. The number of aryl methyl sites for hydroxylation is 3. The van der Waals surface area contributed by atoms with Crippen molar-refractivity contribution in [2.24, 2.45) is 0 Å². The fourth-order valence-electron chi connectivity index (χ4n) is 3.44. The van der Waals surface area contributed by atoms with Gasteiger partial charge in [-0.1, -0.05) is 19.9 Å². The van der Waals surface area contributed by atoms with Crippen molar-refractivity contribution >= 4 is 10.9 Å². The van der Waals surface area contributed by atoms with E-state index in [2.05, 4.69) is 37.9 Å². The lowest BCUT2D eigenvalue weighted by Crippen LogP contribution is -3.10. The van der Waals surface area contributed by atoms with Crippen LogP contribution in [0.3, 0.4) is 0 Å². The van der Waals surface area contributed by atoms with E-state index in [0.717, 1.165) is 60.2 Å². The third kappa shape index (κ3) is 3.41. The SMILES string of the molecule is CCC[NH+](CCC)Cc1c(C)[nH]c2cc(C)cc(C)c2c1=O. The summed E-state index contributed by atoms with van der Waals surface area (Å²) < 4.78 is 0. The zero-order valence-corrected chi connectivity index (χ0v) is 14.6. The summed E-state index contributed by atoms with van der Waals surface area (Å²) in [6.45, 7) is 13.6. The molecule has 120 valence electrons. The van der Waals surface area contributed by atoms with Gasteiger partial charge in [0.05, 0.1) is 24.2 Å². The van der Waals surface area contributed by atoms with Crippen LogP contribution >= 0.6 is 0 Å². The summed E-state index contributed by atoms with van der Waals surface area (Å²) in [6, 6.07) is 4.17. The minimum Gasteiger partial charge on any atom is -0.358 e. The zero-order valence-electron chi connectivity index (χ0n) is 14.6. The second kappa shape index (κ2) is 7.10. The highest BCUT2D eigenvalue weighted by Crippen LogP contribution is 2.17. The topological polar surface area (TPSA) is 37.3 Å². The van der Waals surface area contributed by atoms with Gasteiger partial charge < -0.3 is 9.88 Å². The van der Waals surface area contributed by atoms with E-state index < -0.39 is 0 Å². The second-order valence-corrected chi connectivity index (χ2v) is 6.49. The van der Waals surface area contributed by atoms with E-state index in [4.69, 9.17) is 0 Å². The Bertz CT molecular complexity index is 709. The standard InChI is InChI=1S/C19H28N2O/c1-6-8-21(9-7-2)12-16-15(5)20-17-11-13(3)10-14(4)18(17)19(16)22/h10-11H,6-9,12H2,1-5H3,(H,20,22)/p+1. The summed E-state index contributed by atoms with van der Waals surface area (Å²) in [4.78, 5) is 18.0. The molecule has 1 aromatic carbocycles. The number of hydrogen-bond acceptors (Lipinski definition) is 1. The molecule has 2 N–H and O–H groups in total. The molecule has 1 aromatic heterocycles. The van der Waals surface area contributed by atoms with Gasteiger partial charge >= 0.3 is 0 Å². The molecule has 0 bridgehead atoms. The number of H-pyrrole nitrogens is 1. The highest BCUT2D eigenvalue weighted by Gasteiger charge is 2.16. The van der Waals surface area contributed by atoms with Gasteiger partial charge in [-0.3, -0.25) is 4.79 Å². The molecule has 0 aliphatic rings. The lowest BCUT2D eigenvalue weighted by Gasteiger charge is -2.19. The van der Waals surface area contributed by atoms with Gasteiger partial charge in [0.2, 0.25) is 0 Å². The van der Waals surface area contributed by atoms with Gasteiger partial charge in [0, 0.05) is 11.1 Å². The lowest BCUT2D eigenvalue weighted by molar-refractivity contribution is -0.914. The molecule has 0 unspecified atom stereocenters. The van der Waals surface area contributed by atoms with Crippen molar-refractivity contribution in [2.75, 3.05) is 13.1 Å². The largest absolute Gasteiger partial charge is 0.358 e. The third-order valence-electron chi connectivity index (χ3n) is 4.39. The van der Waals surface area contributed by atoms with Gasteiger partial charge in [0.25, 0.3) is 0 Å². The first kappa shape index (κ1) is 16.8. The van der Waals surface area contributed by atoms with Crippen molar-refractivity contribution in [2.45, 2.75) is 54.0 Å². The van der Waals surface area contributed by atoms with Crippen LogP contribution < -0.4 is 10.3 Å². The Hall–Kier alpha value is -1.61. The molecule has 2 rings (SSSR count). The quantitative estimate of drug-likeness (QED) is 0.846. The molecular formula is C19H29N2O+. The summed E-state index contributed by atoms with van der Waals surface area (Å²) in [6.07, 6.45) is 2.30. The molecule has 3 heteroatoms. The van der Waals surface area contributed by atoms with E-state index in [1.165, 1.54) is 10.5 Å². The van der Waals surface area contributed by atoms with E-state index in [1.54, 1.807) is 0 Å². The number of quaternary nitrogens is 1. The number of nitrogens with one attached hydrogen (secondary N) is 2. The first-order valence-electron chi connectivity index (χ1n) is 8.44. The molecular weight excluding hydrogens is 272 g/mol. The summed E-state index contributed by atoms with van der Waals surface area (Å²) in [5.41, 5.74) is 5.43. The lowest BCUT2D eigenvalue weighted by atomic mass is 10.0. The normalized spacial score (nSPS) is 11.5. The number of benzene rings is 1. The molecule has 0 aliphatic carbocycles. The molecule has 0 radical (unpaired) electrons. The van der Waals surface area contributed by atoms with Gasteiger partial charge in [-0.25, -0.2) is 0 Å². The average Bonchev–Trinajstić information content (AvgIpc) is 2.42. The summed E-state index contributed by atoms with van der Waals surface area (Å²) in [5.74, 6) is 0. The molecule has 0 atom stereocenters. The van der Waals surface area contributed by atoms with Crippen molar-refractivity contribution in [3.8, 4) is 0 Å². The van der Waals surface area contributed by atoms with Gasteiger partial charge in [-0.15, -0.1) is 0 Å². The minimum atomic E-state index is 0.216.